The first kappa shape index (κ1) is 12.1. The lowest BCUT2D eigenvalue weighted by molar-refractivity contribution is 0.681. The van der Waals surface area contributed by atoms with Gasteiger partial charge in [-0.1, -0.05) is 38.1 Å². The topological polar surface area (TPSA) is 64.7 Å². The van der Waals surface area contributed by atoms with Crippen LogP contribution < -0.4 is 5.73 Å². The summed E-state index contributed by atoms with van der Waals surface area (Å²) in [5.41, 5.74) is 8.56. The lowest BCUT2D eigenvalue weighted by Gasteiger charge is -2.13. The highest BCUT2D eigenvalue weighted by Gasteiger charge is 2.26. The first-order chi connectivity index (χ1) is 9.15. The van der Waals surface area contributed by atoms with Crippen LogP contribution in [0.15, 0.2) is 24.3 Å². The van der Waals surface area contributed by atoms with Crippen LogP contribution in [0.5, 0.6) is 0 Å². The van der Waals surface area contributed by atoms with Crippen molar-refractivity contribution in [2.24, 2.45) is 0 Å². The summed E-state index contributed by atoms with van der Waals surface area (Å²) in [6, 6.07) is 8.51. The molecule has 0 fully saturated rings. The summed E-state index contributed by atoms with van der Waals surface area (Å²) in [5.74, 6) is 2.46. The van der Waals surface area contributed by atoms with Crippen molar-refractivity contribution in [3.8, 4) is 0 Å². The number of rotatable bonds is 2. The number of fused-ring (bicyclic) bond motifs is 1. The molecule has 19 heavy (non-hydrogen) atoms. The number of benzene rings is 1. The molecule has 98 valence electrons. The van der Waals surface area contributed by atoms with Gasteiger partial charge in [0.2, 0.25) is 5.95 Å². The predicted molar refractivity (Wildman–Crippen MR) is 74.9 cm³/mol. The maximum Gasteiger partial charge on any atom is 0.223 e. The number of aryl methyl sites for hydroxylation is 1. The smallest absolute Gasteiger partial charge is 0.223 e. The molecule has 0 radical (unpaired) electrons. The largest absolute Gasteiger partial charge is 0.368 e. The summed E-state index contributed by atoms with van der Waals surface area (Å²) in [6.45, 7) is 4.14. The maximum atomic E-state index is 5.82. The standard InChI is InChI=1S/C15H18N4/c1-9(2)13-17-14(19-15(16)18-13)12-8-7-10-5-3-4-6-11(10)12/h3-6,9,12H,7-8H2,1-2H3,(H2,16,17,18,19). The molecule has 1 heterocycles. The summed E-state index contributed by atoms with van der Waals surface area (Å²) in [5, 5.41) is 0. The Kier molecular flexibility index (Phi) is 2.93. The van der Waals surface area contributed by atoms with Gasteiger partial charge in [0.05, 0.1) is 0 Å². The van der Waals surface area contributed by atoms with E-state index in [1.54, 1.807) is 0 Å². The number of nitrogens with two attached hydrogens (primary N) is 1. The number of hydrogen-bond acceptors (Lipinski definition) is 4. The fraction of sp³-hybridized carbons (Fsp3) is 0.400. The van der Waals surface area contributed by atoms with Crippen molar-refractivity contribution in [2.45, 2.75) is 38.5 Å². The molecule has 1 aromatic heterocycles. The Bertz CT molecular complexity index is 607. The third-order valence-corrected chi connectivity index (χ3v) is 3.65. The predicted octanol–water partition coefficient (Wildman–Crippen LogP) is 2.66. The molecule has 1 aliphatic carbocycles. The molecule has 1 atom stereocenters. The average Bonchev–Trinajstić information content (AvgIpc) is 2.81. The molecule has 4 nitrogen and oxygen atoms in total. The van der Waals surface area contributed by atoms with Gasteiger partial charge < -0.3 is 5.73 Å². The SMILES string of the molecule is CC(C)c1nc(N)nc(C2CCc3ccccc32)n1. The van der Waals surface area contributed by atoms with Crippen molar-refractivity contribution >= 4 is 5.95 Å². The highest BCUT2D eigenvalue weighted by Crippen LogP contribution is 2.36. The third-order valence-electron chi connectivity index (χ3n) is 3.65. The fourth-order valence-corrected chi connectivity index (χ4v) is 2.67. The van der Waals surface area contributed by atoms with Gasteiger partial charge >= 0.3 is 0 Å². The van der Waals surface area contributed by atoms with Gasteiger partial charge in [-0.3, -0.25) is 0 Å². The Morgan fingerprint density at radius 2 is 1.95 bits per heavy atom. The summed E-state index contributed by atoms with van der Waals surface area (Å²) in [6.07, 6.45) is 2.14. The van der Waals surface area contributed by atoms with Crippen molar-refractivity contribution in [2.75, 3.05) is 5.73 Å². The molecule has 1 unspecified atom stereocenters. The lowest BCUT2D eigenvalue weighted by atomic mass is 10.0. The molecule has 1 aliphatic rings. The van der Waals surface area contributed by atoms with Crippen LogP contribution in [0.25, 0.3) is 0 Å². The molecule has 1 aromatic carbocycles. The van der Waals surface area contributed by atoms with E-state index in [-0.39, 0.29) is 11.8 Å². The van der Waals surface area contributed by atoms with Crippen LogP contribution in [0.3, 0.4) is 0 Å². The average molecular weight is 254 g/mol. The first-order valence-corrected chi connectivity index (χ1v) is 6.74. The lowest BCUT2D eigenvalue weighted by Crippen LogP contribution is -2.11. The monoisotopic (exact) mass is 254 g/mol. The van der Waals surface area contributed by atoms with E-state index in [0.29, 0.717) is 5.95 Å². The summed E-state index contributed by atoms with van der Waals surface area (Å²) in [7, 11) is 0. The molecule has 0 bridgehead atoms. The molecule has 2 aromatic rings. The summed E-state index contributed by atoms with van der Waals surface area (Å²) in [4.78, 5) is 13.2. The number of hydrogen-bond donors (Lipinski definition) is 1. The van der Waals surface area contributed by atoms with Crippen molar-refractivity contribution in [1.82, 2.24) is 15.0 Å². The van der Waals surface area contributed by atoms with Gasteiger partial charge in [0.1, 0.15) is 11.6 Å². The van der Waals surface area contributed by atoms with Gasteiger partial charge in [-0.05, 0) is 24.0 Å². The van der Waals surface area contributed by atoms with E-state index in [1.165, 1.54) is 11.1 Å². The van der Waals surface area contributed by atoms with Crippen LogP contribution >= 0.6 is 0 Å². The normalized spacial score (nSPS) is 17.7. The van der Waals surface area contributed by atoms with Crippen LogP contribution in [-0.4, -0.2) is 15.0 Å². The highest BCUT2D eigenvalue weighted by atomic mass is 15.1. The van der Waals surface area contributed by atoms with E-state index in [2.05, 4.69) is 53.1 Å². The van der Waals surface area contributed by atoms with Gasteiger partial charge in [0, 0.05) is 11.8 Å². The summed E-state index contributed by atoms with van der Waals surface area (Å²) < 4.78 is 0. The molecule has 0 amide bonds. The van der Waals surface area contributed by atoms with Crippen molar-refractivity contribution in [3.63, 3.8) is 0 Å². The minimum atomic E-state index is 0.263. The van der Waals surface area contributed by atoms with E-state index in [1.807, 2.05) is 0 Å². The van der Waals surface area contributed by atoms with Gasteiger partial charge in [-0.15, -0.1) is 0 Å². The number of nitrogens with zero attached hydrogens (tertiary/aromatic N) is 3. The van der Waals surface area contributed by atoms with Gasteiger partial charge in [0.25, 0.3) is 0 Å². The molecule has 0 spiro atoms. The van der Waals surface area contributed by atoms with Gasteiger partial charge in [-0.2, -0.15) is 9.97 Å². The molecular formula is C15H18N4. The second-order valence-corrected chi connectivity index (χ2v) is 5.35. The molecule has 0 aliphatic heterocycles. The maximum absolute atomic E-state index is 5.82. The van der Waals surface area contributed by atoms with E-state index in [0.717, 1.165) is 24.5 Å². The van der Waals surface area contributed by atoms with Crippen LogP contribution in [0.1, 0.15) is 54.9 Å². The molecule has 0 saturated heterocycles. The van der Waals surface area contributed by atoms with Crippen molar-refractivity contribution < 1.29 is 0 Å². The van der Waals surface area contributed by atoms with Gasteiger partial charge in [0.15, 0.2) is 0 Å². The zero-order valence-electron chi connectivity index (χ0n) is 11.3. The molecular weight excluding hydrogens is 236 g/mol. The summed E-state index contributed by atoms with van der Waals surface area (Å²) >= 11 is 0. The zero-order valence-corrected chi connectivity index (χ0v) is 11.3. The van der Waals surface area contributed by atoms with Crippen molar-refractivity contribution in [3.05, 3.63) is 47.0 Å². The Labute approximate surface area is 113 Å². The third kappa shape index (κ3) is 2.18. The van der Waals surface area contributed by atoms with Crippen LogP contribution in [0.2, 0.25) is 0 Å². The second kappa shape index (κ2) is 4.61. The molecule has 2 N–H and O–H groups in total. The molecule has 4 heteroatoms. The highest BCUT2D eigenvalue weighted by molar-refractivity contribution is 5.39. The van der Waals surface area contributed by atoms with Crippen LogP contribution in [0, 0.1) is 0 Å². The minimum absolute atomic E-state index is 0.263. The molecule has 0 saturated carbocycles. The van der Waals surface area contributed by atoms with Crippen LogP contribution in [-0.2, 0) is 6.42 Å². The zero-order chi connectivity index (χ0) is 13.4. The van der Waals surface area contributed by atoms with E-state index in [4.69, 9.17) is 5.73 Å². The second-order valence-electron chi connectivity index (χ2n) is 5.35. The van der Waals surface area contributed by atoms with E-state index >= 15 is 0 Å². The minimum Gasteiger partial charge on any atom is -0.368 e. The Balaban J connectivity index is 2.04. The van der Waals surface area contributed by atoms with Crippen LogP contribution in [0.4, 0.5) is 5.95 Å². The Hall–Kier alpha value is -1.97. The van der Waals surface area contributed by atoms with Crippen molar-refractivity contribution in [1.29, 1.82) is 0 Å². The number of aromatic nitrogens is 3. The van der Waals surface area contributed by atoms with E-state index in [9.17, 15) is 0 Å². The Morgan fingerprint density at radius 3 is 2.74 bits per heavy atom. The molecule has 3 rings (SSSR count). The first-order valence-electron chi connectivity index (χ1n) is 6.74. The number of anilines is 1. The van der Waals surface area contributed by atoms with Gasteiger partial charge in [-0.25, -0.2) is 4.98 Å². The number of nitrogen functional groups attached to an aromatic ring is 1. The quantitative estimate of drug-likeness (QED) is 0.894. The Morgan fingerprint density at radius 1 is 1.16 bits per heavy atom. The van der Waals surface area contributed by atoms with E-state index < -0.39 is 0 Å². The fourth-order valence-electron chi connectivity index (χ4n) is 2.67.